The third-order valence-corrected chi connectivity index (χ3v) is 6.06. The van der Waals surface area contributed by atoms with Crippen LogP contribution in [0.25, 0.3) is 0 Å². The minimum atomic E-state index is -0.541. The molecule has 28 heavy (non-hydrogen) atoms. The van der Waals surface area contributed by atoms with Gasteiger partial charge in [0.15, 0.2) is 0 Å². The van der Waals surface area contributed by atoms with Gasteiger partial charge in [-0.2, -0.15) is 0 Å². The highest BCUT2D eigenvalue weighted by Gasteiger charge is 2.12. The van der Waals surface area contributed by atoms with Gasteiger partial charge in [0.05, 0.1) is 18.8 Å². The highest BCUT2D eigenvalue weighted by Crippen LogP contribution is 2.15. The summed E-state index contributed by atoms with van der Waals surface area (Å²) in [5.41, 5.74) is 5.60. The predicted molar refractivity (Wildman–Crippen MR) is 124 cm³/mol. The van der Waals surface area contributed by atoms with Crippen LogP contribution in [0.5, 0.6) is 0 Å². The minimum Gasteiger partial charge on any atom is -0.395 e. The normalized spacial score (nSPS) is 13.7. The molecule has 0 aliphatic rings. The lowest BCUT2D eigenvalue weighted by Gasteiger charge is -2.15. The summed E-state index contributed by atoms with van der Waals surface area (Å²) < 4.78 is 0. The fraction of sp³-hybridized carbons (Fsp3) is 1.00. The van der Waals surface area contributed by atoms with Crippen LogP contribution in [0.15, 0.2) is 0 Å². The van der Waals surface area contributed by atoms with Gasteiger partial charge in [0.25, 0.3) is 0 Å². The van der Waals surface area contributed by atoms with Gasteiger partial charge in [0.2, 0.25) is 0 Å². The number of hydrogen-bond acceptors (Lipinski definition) is 3. The summed E-state index contributed by atoms with van der Waals surface area (Å²) in [6, 6.07) is -0.472. The maximum absolute atomic E-state index is 9.68. The minimum absolute atomic E-state index is 0.125. The zero-order chi connectivity index (χ0) is 20.7. The highest BCUT2D eigenvalue weighted by molar-refractivity contribution is 4.70. The van der Waals surface area contributed by atoms with Crippen molar-refractivity contribution in [2.45, 2.75) is 154 Å². The number of unbranched alkanes of at least 4 members (excludes halogenated alkanes) is 19. The van der Waals surface area contributed by atoms with E-state index < -0.39 is 12.1 Å². The highest BCUT2D eigenvalue weighted by atomic mass is 16.3. The zero-order valence-corrected chi connectivity index (χ0v) is 19.2. The zero-order valence-electron chi connectivity index (χ0n) is 19.2. The van der Waals surface area contributed by atoms with Gasteiger partial charge in [-0.3, -0.25) is 0 Å². The standard InChI is InChI=1S/C25H53NO2/c1-2-3-4-5-6-7-8-9-10-11-12-13-14-15-16-17-18-19-20-21-22-25(28)24(26)23-27/h24-25,27-28H,2-23,26H2,1H3/t24-,25+/m0/s1. The van der Waals surface area contributed by atoms with Gasteiger partial charge in [-0.05, 0) is 6.42 Å². The smallest absolute Gasteiger partial charge is 0.0713 e. The first kappa shape index (κ1) is 27.9. The van der Waals surface area contributed by atoms with Crippen LogP contribution in [0.1, 0.15) is 142 Å². The van der Waals surface area contributed by atoms with Crippen molar-refractivity contribution in [2.75, 3.05) is 6.61 Å². The van der Waals surface area contributed by atoms with Gasteiger partial charge >= 0.3 is 0 Å². The lowest BCUT2D eigenvalue weighted by molar-refractivity contribution is 0.0990. The molecule has 3 nitrogen and oxygen atoms in total. The first-order chi connectivity index (χ1) is 13.7. The summed E-state index contributed by atoms with van der Waals surface area (Å²) in [4.78, 5) is 0. The van der Waals surface area contributed by atoms with E-state index in [1.54, 1.807) is 0 Å². The molecule has 0 bridgehead atoms. The van der Waals surface area contributed by atoms with Gasteiger partial charge in [0, 0.05) is 0 Å². The molecule has 0 saturated carbocycles. The molecule has 4 N–H and O–H groups in total. The number of aliphatic hydroxyl groups is 2. The molecule has 0 aliphatic carbocycles. The van der Waals surface area contributed by atoms with Crippen molar-refractivity contribution in [1.82, 2.24) is 0 Å². The lowest BCUT2D eigenvalue weighted by atomic mass is 10.0. The Morgan fingerprint density at radius 3 is 1.11 bits per heavy atom. The maximum atomic E-state index is 9.68. The molecule has 0 unspecified atom stereocenters. The van der Waals surface area contributed by atoms with Crippen LogP contribution in [0.2, 0.25) is 0 Å². The SMILES string of the molecule is CCCCCCCCCCCCCCCCCCCCCC[C@@H](O)[C@@H](N)CO. The van der Waals surface area contributed by atoms with E-state index in [-0.39, 0.29) is 6.61 Å². The Balaban J connectivity index is 3.07. The van der Waals surface area contributed by atoms with Crippen LogP contribution >= 0.6 is 0 Å². The molecule has 0 rings (SSSR count). The largest absolute Gasteiger partial charge is 0.395 e. The molecule has 0 radical (unpaired) electrons. The average Bonchev–Trinajstić information content (AvgIpc) is 2.71. The van der Waals surface area contributed by atoms with Crippen molar-refractivity contribution in [3.8, 4) is 0 Å². The molecule has 0 aliphatic heterocycles. The molecule has 0 aromatic carbocycles. The summed E-state index contributed by atoms with van der Waals surface area (Å²) in [6.45, 7) is 2.16. The molecule has 0 aromatic heterocycles. The molecular weight excluding hydrogens is 346 g/mol. The fourth-order valence-electron chi connectivity index (χ4n) is 3.94. The summed E-state index contributed by atoms with van der Waals surface area (Å²) in [6.07, 6.45) is 27.8. The Bertz CT molecular complexity index is 286. The van der Waals surface area contributed by atoms with Crippen LogP contribution < -0.4 is 5.73 Å². The first-order valence-electron chi connectivity index (χ1n) is 12.8. The van der Waals surface area contributed by atoms with Crippen molar-refractivity contribution >= 4 is 0 Å². The maximum Gasteiger partial charge on any atom is 0.0713 e. The quantitative estimate of drug-likeness (QED) is 0.164. The van der Waals surface area contributed by atoms with Crippen LogP contribution in [0.4, 0.5) is 0 Å². The molecule has 0 saturated heterocycles. The van der Waals surface area contributed by atoms with E-state index in [2.05, 4.69) is 6.92 Å². The third-order valence-electron chi connectivity index (χ3n) is 6.06. The Hall–Kier alpha value is -0.120. The molecule has 0 amide bonds. The van der Waals surface area contributed by atoms with E-state index in [1.165, 1.54) is 122 Å². The molecule has 3 heteroatoms. The van der Waals surface area contributed by atoms with Gasteiger partial charge in [0.1, 0.15) is 0 Å². The second-order valence-corrected chi connectivity index (χ2v) is 8.92. The molecule has 170 valence electrons. The molecule has 0 spiro atoms. The van der Waals surface area contributed by atoms with Crippen molar-refractivity contribution in [2.24, 2.45) is 5.73 Å². The molecule has 2 atom stereocenters. The van der Waals surface area contributed by atoms with Crippen molar-refractivity contribution in [1.29, 1.82) is 0 Å². The lowest BCUT2D eigenvalue weighted by Crippen LogP contribution is -2.37. The number of hydrogen-bond donors (Lipinski definition) is 3. The van der Waals surface area contributed by atoms with E-state index in [0.717, 1.165) is 12.8 Å². The topological polar surface area (TPSA) is 66.5 Å². The summed E-state index contributed by atoms with van der Waals surface area (Å²) in [7, 11) is 0. The average molecular weight is 400 g/mol. The monoisotopic (exact) mass is 399 g/mol. The van der Waals surface area contributed by atoms with Gasteiger partial charge < -0.3 is 15.9 Å². The molecular formula is C25H53NO2. The Labute approximate surface area is 176 Å². The summed E-state index contributed by atoms with van der Waals surface area (Å²) >= 11 is 0. The van der Waals surface area contributed by atoms with E-state index in [1.807, 2.05) is 0 Å². The van der Waals surface area contributed by atoms with Crippen LogP contribution in [-0.4, -0.2) is 29.0 Å². The van der Waals surface area contributed by atoms with Crippen molar-refractivity contribution in [3.63, 3.8) is 0 Å². The number of rotatable bonds is 23. The first-order valence-corrected chi connectivity index (χ1v) is 12.8. The van der Waals surface area contributed by atoms with Gasteiger partial charge in [-0.25, -0.2) is 0 Å². The fourth-order valence-corrected chi connectivity index (χ4v) is 3.94. The van der Waals surface area contributed by atoms with Gasteiger partial charge in [-0.1, -0.05) is 135 Å². The van der Waals surface area contributed by atoms with Crippen LogP contribution in [-0.2, 0) is 0 Å². The predicted octanol–water partition coefficient (Wildman–Crippen LogP) is 6.88. The Kier molecular flexibility index (Phi) is 23.1. The van der Waals surface area contributed by atoms with Crippen molar-refractivity contribution in [3.05, 3.63) is 0 Å². The van der Waals surface area contributed by atoms with Gasteiger partial charge in [-0.15, -0.1) is 0 Å². The molecule has 0 heterocycles. The molecule has 0 aromatic rings. The Morgan fingerprint density at radius 2 is 0.821 bits per heavy atom. The van der Waals surface area contributed by atoms with E-state index in [9.17, 15) is 5.11 Å². The summed E-state index contributed by atoms with van der Waals surface area (Å²) in [5.74, 6) is 0. The van der Waals surface area contributed by atoms with Crippen LogP contribution in [0.3, 0.4) is 0 Å². The number of nitrogens with two attached hydrogens (primary N) is 1. The van der Waals surface area contributed by atoms with Crippen LogP contribution in [0, 0.1) is 0 Å². The van der Waals surface area contributed by atoms with E-state index in [4.69, 9.17) is 10.8 Å². The Morgan fingerprint density at radius 1 is 0.536 bits per heavy atom. The van der Waals surface area contributed by atoms with E-state index >= 15 is 0 Å². The van der Waals surface area contributed by atoms with Crippen molar-refractivity contribution < 1.29 is 10.2 Å². The van der Waals surface area contributed by atoms with E-state index in [0.29, 0.717) is 0 Å². The summed E-state index contributed by atoms with van der Waals surface area (Å²) in [5, 5.41) is 18.6. The second kappa shape index (κ2) is 23.2. The third kappa shape index (κ3) is 20.6. The molecule has 0 fully saturated rings. The number of aliphatic hydroxyl groups excluding tert-OH is 2. The second-order valence-electron chi connectivity index (χ2n) is 8.92.